The number of benzene rings is 2. The smallest absolute Gasteiger partial charge is 0.244 e. The van der Waals surface area contributed by atoms with E-state index in [1.54, 1.807) is 20.3 Å². The fourth-order valence-electron chi connectivity index (χ4n) is 3.36. The van der Waals surface area contributed by atoms with Gasteiger partial charge < -0.3 is 24.3 Å². The second kappa shape index (κ2) is 9.37. The number of amides is 1. The van der Waals surface area contributed by atoms with Crippen LogP contribution in [0.5, 0.6) is 23.0 Å². The van der Waals surface area contributed by atoms with E-state index >= 15 is 0 Å². The van der Waals surface area contributed by atoms with Gasteiger partial charge in [0.25, 0.3) is 0 Å². The number of hydrogen-bond donors (Lipinski definition) is 1. The normalized spacial score (nSPS) is 15.0. The first-order valence-electron chi connectivity index (χ1n) is 9.67. The first-order chi connectivity index (χ1) is 14.0. The predicted molar refractivity (Wildman–Crippen MR) is 112 cm³/mol. The number of methoxy groups -OCH3 is 2. The lowest BCUT2D eigenvalue weighted by Crippen LogP contribution is -2.20. The van der Waals surface area contributed by atoms with Crippen molar-refractivity contribution in [3.05, 3.63) is 53.1 Å². The number of ether oxygens (including phenoxy) is 4. The summed E-state index contributed by atoms with van der Waals surface area (Å²) in [6.07, 6.45) is 4.20. The molecule has 0 saturated carbocycles. The van der Waals surface area contributed by atoms with E-state index in [1.165, 1.54) is 6.08 Å². The zero-order valence-corrected chi connectivity index (χ0v) is 17.3. The molecule has 6 heteroatoms. The molecule has 1 aliphatic heterocycles. The lowest BCUT2D eigenvalue weighted by molar-refractivity contribution is -0.116. The molecule has 2 aromatic carbocycles. The lowest BCUT2D eigenvalue weighted by Gasteiger charge is -2.13. The minimum Gasteiger partial charge on any atom is -0.494 e. The molecule has 0 saturated heterocycles. The molecular weight excluding hydrogens is 370 g/mol. The van der Waals surface area contributed by atoms with Crippen LogP contribution in [0.3, 0.4) is 0 Å². The monoisotopic (exact) mass is 397 g/mol. The number of carbonyl (C=O) groups is 1. The number of rotatable bonds is 8. The van der Waals surface area contributed by atoms with Gasteiger partial charge in [0.05, 0.1) is 20.8 Å². The average molecular weight is 397 g/mol. The van der Waals surface area contributed by atoms with Gasteiger partial charge >= 0.3 is 0 Å². The molecule has 0 aliphatic carbocycles. The van der Waals surface area contributed by atoms with Crippen molar-refractivity contribution < 1.29 is 23.7 Å². The Kier molecular flexibility index (Phi) is 6.65. The van der Waals surface area contributed by atoms with Gasteiger partial charge in [0.2, 0.25) is 5.91 Å². The van der Waals surface area contributed by atoms with Crippen LogP contribution in [0.1, 0.15) is 30.5 Å². The fraction of sp³-hybridized carbons (Fsp3) is 0.348. The van der Waals surface area contributed by atoms with Gasteiger partial charge in [0, 0.05) is 35.7 Å². The topological polar surface area (TPSA) is 66.0 Å². The highest BCUT2D eigenvalue weighted by Gasteiger charge is 2.22. The standard InChI is InChI=1S/C23H27NO5/c1-5-28-20-12-17-11-15(2)29-21(17)13-18(20)14-24-22(25)10-9-16-7-6-8-19(26-3)23(16)27-4/h6-10,12-13,15H,5,11,14H2,1-4H3,(H,24,25)/b10-9+/t15-/m0/s1. The molecule has 0 spiro atoms. The van der Waals surface area contributed by atoms with Gasteiger partial charge in [-0.1, -0.05) is 12.1 Å². The van der Waals surface area contributed by atoms with Crippen molar-refractivity contribution >= 4 is 12.0 Å². The average Bonchev–Trinajstić information content (AvgIpc) is 3.08. The summed E-state index contributed by atoms with van der Waals surface area (Å²) in [6.45, 7) is 4.89. The molecule has 29 heavy (non-hydrogen) atoms. The van der Waals surface area contributed by atoms with E-state index in [1.807, 2.05) is 44.2 Å². The highest BCUT2D eigenvalue weighted by atomic mass is 16.5. The van der Waals surface area contributed by atoms with Gasteiger partial charge in [-0.25, -0.2) is 0 Å². The summed E-state index contributed by atoms with van der Waals surface area (Å²) in [5.41, 5.74) is 2.79. The molecule has 0 aromatic heterocycles. The summed E-state index contributed by atoms with van der Waals surface area (Å²) in [7, 11) is 3.15. The van der Waals surface area contributed by atoms with Crippen molar-refractivity contribution in [2.45, 2.75) is 32.9 Å². The summed E-state index contributed by atoms with van der Waals surface area (Å²) in [5.74, 6) is 2.63. The van der Waals surface area contributed by atoms with Crippen LogP contribution in [-0.2, 0) is 17.8 Å². The molecule has 1 amide bonds. The van der Waals surface area contributed by atoms with Crippen molar-refractivity contribution in [3.8, 4) is 23.0 Å². The first-order valence-corrected chi connectivity index (χ1v) is 9.67. The van der Waals surface area contributed by atoms with Gasteiger partial charge in [-0.05, 0) is 38.1 Å². The number of fused-ring (bicyclic) bond motifs is 1. The SMILES string of the molecule is CCOc1cc2c(cc1CNC(=O)/C=C/c1cccc(OC)c1OC)O[C@@H](C)C2. The Morgan fingerprint density at radius 1 is 1.24 bits per heavy atom. The van der Waals surface area contributed by atoms with Crippen LogP contribution in [0.2, 0.25) is 0 Å². The van der Waals surface area contributed by atoms with Crippen molar-refractivity contribution in [2.24, 2.45) is 0 Å². The zero-order valence-electron chi connectivity index (χ0n) is 17.3. The molecular formula is C23H27NO5. The van der Waals surface area contributed by atoms with Crippen LogP contribution < -0.4 is 24.3 Å². The quantitative estimate of drug-likeness (QED) is 0.687. The Balaban J connectivity index is 1.70. The van der Waals surface area contributed by atoms with E-state index in [-0.39, 0.29) is 12.0 Å². The number of carbonyl (C=O) groups excluding carboxylic acids is 1. The minimum absolute atomic E-state index is 0.157. The number of para-hydroxylation sites is 1. The maximum atomic E-state index is 12.4. The van der Waals surface area contributed by atoms with Gasteiger partial charge in [-0.15, -0.1) is 0 Å². The van der Waals surface area contributed by atoms with Crippen LogP contribution in [0, 0.1) is 0 Å². The third-order valence-electron chi connectivity index (χ3n) is 4.68. The number of nitrogens with one attached hydrogen (secondary N) is 1. The molecule has 1 atom stereocenters. The van der Waals surface area contributed by atoms with Gasteiger partial charge in [-0.3, -0.25) is 4.79 Å². The van der Waals surface area contributed by atoms with Crippen molar-refractivity contribution in [2.75, 3.05) is 20.8 Å². The Hall–Kier alpha value is -3.15. The van der Waals surface area contributed by atoms with Crippen LogP contribution in [0.25, 0.3) is 6.08 Å². The largest absolute Gasteiger partial charge is 0.494 e. The van der Waals surface area contributed by atoms with Crippen molar-refractivity contribution in [3.63, 3.8) is 0 Å². The maximum absolute atomic E-state index is 12.4. The minimum atomic E-state index is -0.216. The van der Waals surface area contributed by atoms with Gasteiger partial charge in [0.1, 0.15) is 17.6 Å². The van der Waals surface area contributed by atoms with Crippen LogP contribution in [0.15, 0.2) is 36.4 Å². The Morgan fingerprint density at radius 3 is 2.79 bits per heavy atom. The second-order valence-electron chi connectivity index (χ2n) is 6.77. The summed E-state index contributed by atoms with van der Waals surface area (Å²) < 4.78 is 22.3. The zero-order chi connectivity index (χ0) is 20.8. The predicted octanol–water partition coefficient (Wildman–Crippen LogP) is 3.76. The summed E-state index contributed by atoms with van der Waals surface area (Å²) in [5, 5.41) is 2.90. The molecule has 1 heterocycles. The van der Waals surface area contributed by atoms with Crippen LogP contribution in [-0.4, -0.2) is 32.8 Å². The molecule has 2 aromatic rings. The molecule has 0 unspecified atom stereocenters. The molecule has 0 radical (unpaired) electrons. The molecule has 0 bridgehead atoms. The van der Waals surface area contributed by atoms with E-state index in [0.29, 0.717) is 24.7 Å². The molecule has 1 aliphatic rings. The van der Waals surface area contributed by atoms with E-state index in [9.17, 15) is 4.79 Å². The van der Waals surface area contributed by atoms with E-state index < -0.39 is 0 Å². The van der Waals surface area contributed by atoms with E-state index in [4.69, 9.17) is 18.9 Å². The van der Waals surface area contributed by atoms with E-state index in [0.717, 1.165) is 34.6 Å². The van der Waals surface area contributed by atoms with Crippen molar-refractivity contribution in [1.82, 2.24) is 5.32 Å². The Morgan fingerprint density at radius 2 is 2.07 bits per heavy atom. The molecule has 3 rings (SSSR count). The van der Waals surface area contributed by atoms with Crippen LogP contribution in [0.4, 0.5) is 0 Å². The van der Waals surface area contributed by atoms with E-state index in [2.05, 4.69) is 5.32 Å². The first kappa shape index (κ1) is 20.6. The lowest BCUT2D eigenvalue weighted by atomic mass is 10.1. The van der Waals surface area contributed by atoms with Crippen LogP contribution >= 0.6 is 0 Å². The maximum Gasteiger partial charge on any atom is 0.244 e. The summed E-state index contributed by atoms with van der Waals surface area (Å²) in [6, 6.07) is 9.48. The third kappa shape index (κ3) is 4.83. The highest BCUT2D eigenvalue weighted by molar-refractivity contribution is 5.92. The fourth-order valence-corrected chi connectivity index (χ4v) is 3.36. The molecule has 0 fully saturated rings. The highest BCUT2D eigenvalue weighted by Crippen LogP contribution is 2.35. The summed E-state index contributed by atoms with van der Waals surface area (Å²) in [4.78, 5) is 12.4. The summed E-state index contributed by atoms with van der Waals surface area (Å²) >= 11 is 0. The molecule has 6 nitrogen and oxygen atoms in total. The third-order valence-corrected chi connectivity index (χ3v) is 4.68. The number of hydrogen-bond acceptors (Lipinski definition) is 5. The molecule has 154 valence electrons. The second-order valence-corrected chi connectivity index (χ2v) is 6.77. The molecule has 1 N–H and O–H groups in total. The van der Waals surface area contributed by atoms with Crippen molar-refractivity contribution in [1.29, 1.82) is 0 Å². The van der Waals surface area contributed by atoms with Gasteiger partial charge in [-0.2, -0.15) is 0 Å². The van der Waals surface area contributed by atoms with Gasteiger partial charge in [0.15, 0.2) is 11.5 Å². The Labute approximate surface area is 171 Å². The Bertz CT molecular complexity index is 906.